The van der Waals surface area contributed by atoms with Gasteiger partial charge in [-0.05, 0) is 57.9 Å². The van der Waals surface area contributed by atoms with Crippen molar-refractivity contribution in [2.24, 2.45) is 0 Å². The molecule has 0 aromatic heterocycles. The monoisotopic (exact) mass is 275 g/mol. The summed E-state index contributed by atoms with van der Waals surface area (Å²) in [4.78, 5) is 14.4. The molecule has 0 unspecified atom stereocenters. The van der Waals surface area contributed by atoms with Crippen LogP contribution in [0.2, 0.25) is 0 Å². The molecule has 1 saturated heterocycles. The van der Waals surface area contributed by atoms with Crippen molar-refractivity contribution >= 4 is 5.91 Å². The van der Waals surface area contributed by atoms with Crippen LogP contribution in [0.3, 0.4) is 0 Å². The molecule has 0 spiro atoms. The van der Waals surface area contributed by atoms with E-state index >= 15 is 0 Å². The summed E-state index contributed by atoms with van der Waals surface area (Å²) in [5, 5.41) is 0. The largest absolute Gasteiger partial charge is 0.488 e. The molecule has 1 aromatic rings. The van der Waals surface area contributed by atoms with Gasteiger partial charge in [0.1, 0.15) is 11.4 Å². The van der Waals surface area contributed by atoms with E-state index in [1.807, 2.05) is 49.9 Å². The molecule has 20 heavy (non-hydrogen) atoms. The van der Waals surface area contributed by atoms with Gasteiger partial charge in [0, 0.05) is 18.7 Å². The fourth-order valence-electron chi connectivity index (χ4n) is 2.48. The number of hydrogen-bond acceptors (Lipinski definition) is 2. The third-order valence-corrected chi connectivity index (χ3v) is 3.42. The second-order valence-corrected chi connectivity index (χ2v) is 6.45. The van der Waals surface area contributed by atoms with E-state index in [9.17, 15) is 4.79 Å². The minimum atomic E-state index is -0.212. The molecular formula is C17H25NO2. The second-order valence-electron chi connectivity index (χ2n) is 6.45. The van der Waals surface area contributed by atoms with E-state index in [4.69, 9.17) is 4.74 Å². The van der Waals surface area contributed by atoms with Crippen LogP contribution in [-0.2, 0) is 0 Å². The summed E-state index contributed by atoms with van der Waals surface area (Å²) in [5.41, 5.74) is 0.546. The van der Waals surface area contributed by atoms with E-state index in [1.165, 1.54) is 12.8 Å². The first-order chi connectivity index (χ1) is 9.46. The van der Waals surface area contributed by atoms with E-state index in [2.05, 4.69) is 0 Å². The van der Waals surface area contributed by atoms with Crippen LogP contribution in [0.15, 0.2) is 24.3 Å². The molecule has 0 N–H and O–H groups in total. The van der Waals surface area contributed by atoms with Crippen LogP contribution >= 0.6 is 0 Å². The molecule has 1 aliphatic heterocycles. The van der Waals surface area contributed by atoms with Gasteiger partial charge in [0.25, 0.3) is 5.91 Å². The number of nitrogens with zero attached hydrogens (tertiary/aromatic N) is 1. The molecule has 0 radical (unpaired) electrons. The fourth-order valence-corrected chi connectivity index (χ4v) is 2.48. The zero-order valence-corrected chi connectivity index (χ0v) is 12.8. The maximum absolute atomic E-state index is 12.4. The topological polar surface area (TPSA) is 29.5 Å². The van der Waals surface area contributed by atoms with Gasteiger partial charge in [-0.15, -0.1) is 0 Å². The minimum absolute atomic E-state index is 0.147. The van der Waals surface area contributed by atoms with Gasteiger partial charge in [-0.1, -0.05) is 12.8 Å². The summed E-state index contributed by atoms with van der Waals surface area (Å²) in [6, 6.07) is 7.51. The highest BCUT2D eigenvalue weighted by Gasteiger charge is 2.17. The molecule has 1 aliphatic rings. The van der Waals surface area contributed by atoms with Crippen LogP contribution in [0.25, 0.3) is 0 Å². The van der Waals surface area contributed by atoms with Crippen LogP contribution in [-0.4, -0.2) is 29.5 Å². The average Bonchev–Trinajstić information content (AvgIpc) is 2.66. The Kier molecular flexibility index (Phi) is 4.69. The lowest BCUT2D eigenvalue weighted by Gasteiger charge is -2.22. The number of likely N-dealkylation sites (tertiary alicyclic amines) is 1. The van der Waals surface area contributed by atoms with Crippen molar-refractivity contribution in [2.45, 2.75) is 52.1 Å². The van der Waals surface area contributed by atoms with Gasteiger partial charge in [0.15, 0.2) is 0 Å². The van der Waals surface area contributed by atoms with Gasteiger partial charge in [-0.2, -0.15) is 0 Å². The smallest absolute Gasteiger partial charge is 0.253 e. The first kappa shape index (κ1) is 14.9. The molecule has 2 rings (SSSR count). The summed E-state index contributed by atoms with van der Waals surface area (Å²) in [7, 11) is 0. The summed E-state index contributed by atoms with van der Waals surface area (Å²) < 4.78 is 5.78. The number of carbonyl (C=O) groups excluding carboxylic acids is 1. The molecule has 1 amide bonds. The lowest BCUT2D eigenvalue weighted by atomic mass is 10.1. The van der Waals surface area contributed by atoms with Crippen molar-refractivity contribution in [3.05, 3.63) is 29.8 Å². The minimum Gasteiger partial charge on any atom is -0.488 e. The number of ether oxygens (including phenoxy) is 1. The first-order valence-corrected chi connectivity index (χ1v) is 7.54. The van der Waals surface area contributed by atoms with E-state index < -0.39 is 0 Å². The lowest BCUT2D eigenvalue weighted by Crippen LogP contribution is -2.31. The van der Waals surface area contributed by atoms with E-state index in [1.54, 1.807) is 0 Å². The molecule has 110 valence electrons. The SMILES string of the molecule is CC(C)(C)Oc1ccc(C(=O)N2CCCCCC2)cc1. The standard InChI is InChI=1S/C17H25NO2/c1-17(2,3)20-15-10-8-14(9-11-15)16(19)18-12-6-4-5-7-13-18/h8-11H,4-7,12-13H2,1-3H3. The highest BCUT2D eigenvalue weighted by Crippen LogP contribution is 2.20. The van der Waals surface area contributed by atoms with Gasteiger partial charge in [-0.25, -0.2) is 0 Å². The molecular weight excluding hydrogens is 250 g/mol. The zero-order chi connectivity index (χ0) is 14.6. The van der Waals surface area contributed by atoms with Gasteiger partial charge in [0.05, 0.1) is 0 Å². The molecule has 0 atom stereocenters. The number of amides is 1. The van der Waals surface area contributed by atoms with Crippen LogP contribution in [0.1, 0.15) is 56.8 Å². The highest BCUT2D eigenvalue weighted by atomic mass is 16.5. The third kappa shape index (κ3) is 4.26. The van der Waals surface area contributed by atoms with Gasteiger partial charge >= 0.3 is 0 Å². The van der Waals surface area contributed by atoms with Crippen LogP contribution in [0.5, 0.6) is 5.75 Å². The maximum atomic E-state index is 12.4. The van der Waals surface area contributed by atoms with Crippen molar-refractivity contribution in [1.82, 2.24) is 4.90 Å². The summed E-state index contributed by atoms with van der Waals surface area (Å²) in [5.74, 6) is 0.958. The number of carbonyl (C=O) groups is 1. The molecule has 1 aromatic carbocycles. The summed E-state index contributed by atoms with van der Waals surface area (Å²) >= 11 is 0. The normalized spacial score (nSPS) is 16.6. The Bertz CT molecular complexity index is 437. The average molecular weight is 275 g/mol. The van der Waals surface area contributed by atoms with E-state index in [0.717, 1.165) is 37.2 Å². The zero-order valence-electron chi connectivity index (χ0n) is 12.8. The highest BCUT2D eigenvalue weighted by molar-refractivity contribution is 5.94. The van der Waals surface area contributed by atoms with E-state index in [-0.39, 0.29) is 11.5 Å². The molecule has 0 saturated carbocycles. The van der Waals surface area contributed by atoms with E-state index in [0.29, 0.717) is 0 Å². The van der Waals surface area contributed by atoms with Crippen molar-refractivity contribution in [3.8, 4) is 5.75 Å². The Labute approximate surface area is 121 Å². The van der Waals surface area contributed by atoms with Gasteiger partial charge < -0.3 is 9.64 Å². The number of benzene rings is 1. The Morgan fingerprint density at radius 3 is 2.05 bits per heavy atom. The third-order valence-electron chi connectivity index (χ3n) is 3.42. The molecule has 3 nitrogen and oxygen atoms in total. The Balaban J connectivity index is 2.03. The quantitative estimate of drug-likeness (QED) is 0.819. The molecule has 0 aliphatic carbocycles. The van der Waals surface area contributed by atoms with Crippen molar-refractivity contribution in [2.75, 3.05) is 13.1 Å². The van der Waals surface area contributed by atoms with Crippen molar-refractivity contribution < 1.29 is 9.53 Å². The number of rotatable bonds is 2. The van der Waals surface area contributed by atoms with Gasteiger partial charge in [0.2, 0.25) is 0 Å². The second kappa shape index (κ2) is 6.29. The van der Waals surface area contributed by atoms with Crippen molar-refractivity contribution in [3.63, 3.8) is 0 Å². The van der Waals surface area contributed by atoms with Crippen molar-refractivity contribution in [1.29, 1.82) is 0 Å². The Hall–Kier alpha value is -1.51. The summed E-state index contributed by atoms with van der Waals surface area (Å²) in [6.07, 6.45) is 4.72. The predicted octanol–water partition coefficient (Wildman–Crippen LogP) is 3.88. The molecule has 1 fully saturated rings. The first-order valence-electron chi connectivity index (χ1n) is 7.54. The van der Waals surface area contributed by atoms with Gasteiger partial charge in [-0.3, -0.25) is 4.79 Å². The maximum Gasteiger partial charge on any atom is 0.253 e. The van der Waals surface area contributed by atoms with Crippen LogP contribution in [0.4, 0.5) is 0 Å². The Morgan fingerprint density at radius 2 is 1.55 bits per heavy atom. The van der Waals surface area contributed by atoms with Crippen LogP contribution in [0, 0.1) is 0 Å². The lowest BCUT2D eigenvalue weighted by molar-refractivity contribution is 0.0761. The molecule has 1 heterocycles. The molecule has 3 heteroatoms. The number of hydrogen-bond donors (Lipinski definition) is 0. The fraction of sp³-hybridized carbons (Fsp3) is 0.588. The summed E-state index contributed by atoms with van der Waals surface area (Å²) in [6.45, 7) is 7.83. The predicted molar refractivity (Wildman–Crippen MR) is 81.2 cm³/mol. The Morgan fingerprint density at radius 1 is 1.00 bits per heavy atom. The van der Waals surface area contributed by atoms with Crippen LogP contribution < -0.4 is 4.74 Å². The molecule has 0 bridgehead atoms.